The van der Waals surface area contributed by atoms with E-state index in [1.807, 2.05) is 0 Å². The number of nitrogens with one attached hydrogen (secondary N) is 2. The lowest BCUT2D eigenvalue weighted by Gasteiger charge is -2.32. The Morgan fingerprint density at radius 2 is 1.67 bits per heavy atom. The Labute approximate surface area is 192 Å². The highest BCUT2D eigenvalue weighted by Gasteiger charge is 2.46. The van der Waals surface area contributed by atoms with Gasteiger partial charge in [-0.25, -0.2) is 4.79 Å². The number of fused-ring (bicyclic) bond motifs is 1. The lowest BCUT2D eigenvalue weighted by molar-refractivity contribution is -0.149. The first-order chi connectivity index (χ1) is 15.8. The molecule has 0 aromatic heterocycles. The van der Waals surface area contributed by atoms with E-state index in [0.29, 0.717) is 18.8 Å². The molecule has 3 rings (SSSR count). The Kier molecular flexibility index (Phi) is 8.02. The summed E-state index contributed by atoms with van der Waals surface area (Å²) in [4.78, 5) is 62.8. The second kappa shape index (κ2) is 10.9. The van der Waals surface area contributed by atoms with Crippen molar-refractivity contribution in [1.82, 2.24) is 15.1 Å². The van der Waals surface area contributed by atoms with Gasteiger partial charge >= 0.3 is 6.09 Å². The predicted octanol–water partition coefficient (Wildman–Crippen LogP) is 2.45. The van der Waals surface area contributed by atoms with Gasteiger partial charge in [-0.15, -0.1) is 0 Å². The van der Waals surface area contributed by atoms with E-state index in [1.54, 1.807) is 18.2 Å². The van der Waals surface area contributed by atoms with Crippen molar-refractivity contribution in [3.05, 3.63) is 29.3 Å². The highest BCUT2D eigenvalue weighted by molar-refractivity contribution is 6.25. The molecule has 1 aromatic rings. The van der Waals surface area contributed by atoms with E-state index in [-0.39, 0.29) is 29.9 Å². The molecule has 10 heteroatoms. The highest BCUT2D eigenvalue weighted by atomic mass is 16.4. The zero-order chi connectivity index (χ0) is 24.0. The number of piperidine rings is 1. The minimum Gasteiger partial charge on any atom is -0.465 e. The molecular weight excluding hydrogens is 428 g/mol. The summed E-state index contributed by atoms with van der Waals surface area (Å²) in [5.74, 6) is -1.85. The van der Waals surface area contributed by atoms with Crippen LogP contribution in [0, 0.1) is 0 Å². The lowest BCUT2D eigenvalue weighted by Crippen LogP contribution is -2.54. The fourth-order valence-corrected chi connectivity index (χ4v) is 4.25. The van der Waals surface area contributed by atoms with Gasteiger partial charge in [0.05, 0.1) is 11.1 Å². The van der Waals surface area contributed by atoms with E-state index in [2.05, 4.69) is 10.6 Å². The maximum Gasteiger partial charge on any atom is 0.404 e. The van der Waals surface area contributed by atoms with E-state index in [4.69, 9.17) is 5.11 Å². The Morgan fingerprint density at radius 1 is 1.00 bits per heavy atom. The molecule has 5 amide bonds. The number of hydrogen-bond acceptors (Lipinski definition) is 6. The highest BCUT2D eigenvalue weighted by Crippen LogP contribution is 2.33. The van der Waals surface area contributed by atoms with Crippen molar-refractivity contribution in [2.24, 2.45) is 0 Å². The summed E-state index contributed by atoms with van der Waals surface area (Å²) in [6, 6.07) is 4.08. The van der Waals surface area contributed by atoms with Gasteiger partial charge < -0.3 is 15.7 Å². The smallest absolute Gasteiger partial charge is 0.404 e. The van der Waals surface area contributed by atoms with Crippen molar-refractivity contribution in [3.8, 4) is 0 Å². The van der Waals surface area contributed by atoms with Crippen molar-refractivity contribution in [1.29, 1.82) is 0 Å². The van der Waals surface area contributed by atoms with Crippen LogP contribution < -0.4 is 10.6 Å². The van der Waals surface area contributed by atoms with Gasteiger partial charge in [0.2, 0.25) is 5.91 Å². The zero-order valence-electron chi connectivity index (χ0n) is 18.8. The summed E-state index contributed by atoms with van der Waals surface area (Å²) in [5, 5.41) is 14.1. The van der Waals surface area contributed by atoms with Crippen molar-refractivity contribution >= 4 is 35.4 Å². The number of likely N-dealkylation sites (N-methyl/N-ethyl adjacent to an activating group) is 1. The van der Waals surface area contributed by atoms with Gasteiger partial charge in [-0.05, 0) is 31.4 Å². The first-order valence-corrected chi connectivity index (χ1v) is 11.3. The van der Waals surface area contributed by atoms with Crippen LogP contribution in [0.25, 0.3) is 0 Å². The van der Waals surface area contributed by atoms with Crippen LogP contribution in [0.15, 0.2) is 18.2 Å². The van der Waals surface area contributed by atoms with Crippen molar-refractivity contribution in [3.63, 3.8) is 0 Å². The van der Waals surface area contributed by atoms with Gasteiger partial charge in [0, 0.05) is 32.2 Å². The second-order valence-electron chi connectivity index (χ2n) is 8.33. The van der Waals surface area contributed by atoms with Crippen molar-refractivity contribution < 1.29 is 29.1 Å². The Hall–Kier alpha value is -3.43. The standard InChI is InChI=1S/C23H30N4O6/c1-26-18(28)12-11-17(21(26)30)27-20(29)15-9-8-10-16(19(15)22(27)31)24-13-6-4-2-3-5-7-14-25-23(32)33/h8-10,17,24-25H,2-7,11-14H2,1H3,(H,32,33). The number of hydrogen-bond donors (Lipinski definition) is 3. The maximum absolute atomic E-state index is 13.1. The number of likely N-dealkylation sites (tertiary alicyclic amines) is 1. The monoisotopic (exact) mass is 458 g/mol. The number of anilines is 1. The van der Waals surface area contributed by atoms with Gasteiger partial charge in [0.25, 0.3) is 17.7 Å². The molecule has 1 unspecified atom stereocenters. The summed E-state index contributed by atoms with van der Waals surface area (Å²) >= 11 is 0. The van der Waals surface area contributed by atoms with Gasteiger partial charge in [0.1, 0.15) is 6.04 Å². The van der Waals surface area contributed by atoms with E-state index >= 15 is 0 Å². The third-order valence-electron chi connectivity index (χ3n) is 6.07. The predicted molar refractivity (Wildman–Crippen MR) is 120 cm³/mol. The quantitative estimate of drug-likeness (QED) is 0.342. The Balaban J connectivity index is 1.51. The third kappa shape index (κ3) is 5.50. The first kappa shape index (κ1) is 24.2. The molecule has 2 aliphatic rings. The SMILES string of the molecule is CN1C(=O)CCC(N2C(=O)c3cccc(NCCCCCCCCNC(=O)O)c3C2=O)C1=O. The summed E-state index contributed by atoms with van der Waals surface area (Å²) in [6.07, 6.45) is 4.97. The van der Waals surface area contributed by atoms with Crippen LogP contribution in [0.2, 0.25) is 0 Å². The van der Waals surface area contributed by atoms with Gasteiger partial charge in [0.15, 0.2) is 0 Å². The number of carboxylic acid groups (broad SMARTS) is 1. The van der Waals surface area contributed by atoms with Crippen LogP contribution in [0.4, 0.5) is 10.5 Å². The molecule has 10 nitrogen and oxygen atoms in total. The van der Waals surface area contributed by atoms with Gasteiger partial charge in [-0.3, -0.25) is 29.0 Å². The minimum atomic E-state index is -0.996. The molecular formula is C23H30N4O6. The van der Waals surface area contributed by atoms with Crippen LogP contribution in [-0.2, 0) is 9.59 Å². The van der Waals surface area contributed by atoms with Crippen molar-refractivity contribution in [2.75, 3.05) is 25.5 Å². The summed E-state index contributed by atoms with van der Waals surface area (Å²) in [6.45, 7) is 1.11. The van der Waals surface area contributed by atoms with Crippen LogP contribution in [0.1, 0.15) is 72.1 Å². The molecule has 0 spiro atoms. The third-order valence-corrected chi connectivity index (χ3v) is 6.07. The van der Waals surface area contributed by atoms with Crippen LogP contribution in [0.5, 0.6) is 0 Å². The minimum absolute atomic E-state index is 0.113. The number of carbonyl (C=O) groups is 5. The normalized spacial score (nSPS) is 18.0. The molecule has 1 atom stereocenters. The second-order valence-corrected chi connectivity index (χ2v) is 8.33. The molecule has 1 aromatic carbocycles. The number of rotatable bonds is 11. The molecule has 0 saturated carbocycles. The fraction of sp³-hybridized carbons (Fsp3) is 0.522. The van der Waals surface area contributed by atoms with E-state index < -0.39 is 29.9 Å². The average Bonchev–Trinajstić information content (AvgIpc) is 3.04. The fourth-order valence-electron chi connectivity index (χ4n) is 4.25. The first-order valence-electron chi connectivity index (χ1n) is 11.3. The summed E-state index contributed by atoms with van der Waals surface area (Å²) in [7, 11) is 1.37. The van der Waals surface area contributed by atoms with E-state index in [0.717, 1.165) is 48.3 Å². The molecule has 1 fully saturated rings. The molecule has 3 N–H and O–H groups in total. The maximum atomic E-state index is 13.1. The van der Waals surface area contributed by atoms with Gasteiger partial charge in [-0.2, -0.15) is 0 Å². The topological polar surface area (TPSA) is 136 Å². The largest absolute Gasteiger partial charge is 0.465 e. The average molecular weight is 459 g/mol. The molecule has 0 aliphatic carbocycles. The number of carbonyl (C=O) groups excluding carboxylic acids is 4. The Bertz CT molecular complexity index is 947. The number of amides is 5. The summed E-state index contributed by atoms with van der Waals surface area (Å²) in [5.41, 5.74) is 1.12. The molecule has 1 saturated heterocycles. The van der Waals surface area contributed by atoms with Crippen LogP contribution >= 0.6 is 0 Å². The molecule has 2 heterocycles. The van der Waals surface area contributed by atoms with E-state index in [1.165, 1.54) is 7.05 Å². The molecule has 178 valence electrons. The van der Waals surface area contributed by atoms with E-state index in [9.17, 15) is 24.0 Å². The zero-order valence-corrected chi connectivity index (χ0v) is 18.8. The molecule has 0 bridgehead atoms. The lowest BCUT2D eigenvalue weighted by atomic mass is 10.0. The van der Waals surface area contributed by atoms with Gasteiger partial charge in [-0.1, -0.05) is 31.7 Å². The summed E-state index contributed by atoms with van der Waals surface area (Å²) < 4.78 is 0. The molecule has 33 heavy (non-hydrogen) atoms. The number of nitrogens with zero attached hydrogens (tertiary/aromatic N) is 2. The number of benzene rings is 1. The van der Waals surface area contributed by atoms with Crippen molar-refractivity contribution in [2.45, 2.75) is 57.4 Å². The molecule has 0 radical (unpaired) electrons. The van der Waals surface area contributed by atoms with Crippen LogP contribution in [-0.4, -0.2) is 70.8 Å². The number of imide groups is 2. The Morgan fingerprint density at radius 3 is 2.36 bits per heavy atom. The molecule has 2 aliphatic heterocycles. The number of unbranched alkanes of at least 4 members (excludes halogenated alkanes) is 5. The van der Waals surface area contributed by atoms with Crippen LogP contribution in [0.3, 0.4) is 0 Å².